The highest BCUT2D eigenvalue weighted by Gasteiger charge is 2.23. The van der Waals surface area contributed by atoms with Gasteiger partial charge >= 0.3 is 0 Å². The topological polar surface area (TPSA) is 0 Å². The first-order chi connectivity index (χ1) is 9.38. The molecule has 19 heavy (non-hydrogen) atoms. The third-order valence-electron chi connectivity index (χ3n) is 4.94. The maximum atomic E-state index is 2.55. The molecule has 1 aromatic rings. The van der Waals surface area contributed by atoms with E-state index < -0.39 is 0 Å². The molecule has 0 unspecified atom stereocenters. The minimum absolute atomic E-state index is 0.889. The summed E-state index contributed by atoms with van der Waals surface area (Å²) in [6.07, 6.45) is 14.9. The van der Waals surface area contributed by atoms with E-state index in [0.29, 0.717) is 0 Å². The molecular formula is C19H26. The number of hydrogen-bond donors (Lipinski definition) is 0. The summed E-state index contributed by atoms with van der Waals surface area (Å²) in [4.78, 5) is 0. The zero-order chi connectivity index (χ0) is 13.1. The minimum atomic E-state index is 0.889. The molecule has 0 atom stereocenters. The van der Waals surface area contributed by atoms with E-state index in [-0.39, 0.29) is 0 Å². The predicted octanol–water partition coefficient (Wildman–Crippen LogP) is 5.55. The lowest BCUT2D eigenvalue weighted by Gasteiger charge is -2.22. The molecule has 1 fully saturated rings. The monoisotopic (exact) mass is 254 g/mol. The highest BCUT2D eigenvalue weighted by Crippen LogP contribution is 2.38. The van der Waals surface area contributed by atoms with Crippen molar-refractivity contribution < 1.29 is 0 Å². The van der Waals surface area contributed by atoms with Gasteiger partial charge in [0.2, 0.25) is 0 Å². The van der Waals surface area contributed by atoms with Gasteiger partial charge in [-0.3, -0.25) is 0 Å². The molecular weight excluding hydrogens is 228 g/mol. The summed E-state index contributed by atoms with van der Waals surface area (Å²) in [5.41, 5.74) is 6.49. The van der Waals surface area contributed by atoms with Crippen LogP contribution in [0.3, 0.4) is 0 Å². The van der Waals surface area contributed by atoms with Crippen LogP contribution in [0.15, 0.2) is 23.8 Å². The molecule has 102 valence electrons. The van der Waals surface area contributed by atoms with Crippen LogP contribution in [-0.4, -0.2) is 0 Å². The Morgan fingerprint density at radius 1 is 1.11 bits per heavy atom. The average Bonchev–Trinajstić information content (AvgIpc) is 2.90. The Kier molecular flexibility index (Phi) is 4.06. The number of allylic oxidation sites excluding steroid dienone is 1. The van der Waals surface area contributed by atoms with Crippen molar-refractivity contribution in [2.24, 2.45) is 5.92 Å². The summed E-state index contributed by atoms with van der Waals surface area (Å²) >= 11 is 0. The molecule has 0 aliphatic heterocycles. The van der Waals surface area contributed by atoms with Crippen LogP contribution in [0.25, 0.3) is 6.08 Å². The SMILES string of the molecule is CCCCc1cccc2c1C=C(C1CCCCC1)C2. The van der Waals surface area contributed by atoms with Crippen molar-refractivity contribution in [1.82, 2.24) is 0 Å². The number of hydrogen-bond acceptors (Lipinski definition) is 0. The van der Waals surface area contributed by atoms with Crippen LogP contribution in [-0.2, 0) is 12.8 Å². The lowest BCUT2D eigenvalue weighted by Crippen LogP contribution is -2.08. The van der Waals surface area contributed by atoms with Gasteiger partial charge in [-0.15, -0.1) is 0 Å². The zero-order valence-electron chi connectivity index (χ0n) is 12.3. The van der Waals surface area contributed by atoms with Crippen LogP contribution in [0.4, 0.5) is 0 Å². The molecule has 1 saturated carbocycles. The van der Waals surface area contributed by atoms with Gasteiger partial charge in [0, 0.05) is 0 Å². The van der Waals surface area contributed by atoms with Crippen molar-refractivity contribution in [1.29, 1.82) is 0 Å². The first kappa shape index (κ1) is 13.0. The molecule has 0 saturated heterocycles. The van der Waals surface area contributed by atoms with Crippen molar-refractivity contribution in [2.75, 3.05) is 0 Å². The van der Waals surface area contributed by atoms with Crippen LogP contribution in [0.1, 0.15) is 68.6 Å². The fourth-order valence-corrected chi connectivity index (χ4v) is 3.78. The van der Waals surface area contributed by atoms with E-state index in [1.54, 1.807) is 22.3 Å². The Morgan fingerprint density at radius 3 is 2.74 bits per heavy atom. The summed E-state index contributed by atoms with van der Waals surface area (Å²) < 4.78 is 0. The number of aryl methyl sites for hydroxylation is 1. The Labute approximate surface area is 117 Å². The molecule has 0 N–H and O–H groups in total. The molecule has 1 aromatic carbocycles. The molecule has 0 radical (unpaired) electrons. The van der Waals surface area contributed by atoms with E-state index in [0.717, 1.165) is 5.92 Å². The van der Waals surface area contributed by atoms with Gasteiger partial charge in [-0.1, -0.05) is 62.5 Å². The predicted molar refractivity (Wildman–Crippen MR) is 83.3 cm³/mol. The molecule has 0 heteroatoms. The lowest BCUT2D eigenvalue weighted by molar-refractivity contribution is 0.401. The van der Waals surface area contributed by atoms with E-state index in [9.17, 15) is 0 Å². The van der Waals surface area contributed by atoms with Gasteiger partial charge in [-0.05, 0) is 54.7 Å². The largest absolute Gasteiger partial charge is 0.0654 e. The quantitative estimate of drug-likeness (QED) is 0.661. The first-order valence-corrected chi connectivity index (χ1v) is 8.19. The second-order valence-corrected chi connectivity index (χ2v) is 6.32. The van der Waals surface area contributed by atoms with Crippen LogP contribution in [0.2, 0.25) is 0 Å². The molecule has 0 amide bonds. The number of benzene rings is 1. The minimum Gasteiger partial charge on any atom is -0.0654 e. The highest BCUT2D eigenvalue weighted by molar-refractivity contribution is 5.67. The van der Waals surface area contributed by atoms with E-state index in [2.05, 4.69) is 31.2 Å². The first-order valence-electron chi connectivity index (χ1n) is 8.19. The van der Waals surface area contributed by atoms with Crippen LogP contribution in [0.5, 0.6) is 0 Å². The third kappa shape index (κ3) is 2.78. The van der Waals surface area contributed by atoms with E-state index >= 15 is 0 Å². The molecule has 0 nitrogen and oxygen atoms in total. The van der Waals surface area contributed by atoms with Crippen molar-refractivity contribution in [3.8, 4) is 0 Å². The molecule has 2 aliphatic rings. The maximum Gasteiger partial charge on any atom is -0.00549 e. The maximum absolute atomic E-state index is 2.55. The molecule has 2 aliphatic carbocycles. The van der Waals surface area contributed by atoms with Crippen LogP contribution < -0.4 is 0 Å². The molecule has 0 heterocycles. The smallest absolute Gasteiger partial charge is 0.00549 e. The normalized spacial score (nSPS) is 19.3. The summed E-state index contributed by atoms with van der Waals surface area (Å²) in [5, 5.41) is 0. The van der Waals surface area contributed by atoms with Gasteiger partial charge in [0.25, 0.3) is 0 Å². The molecule has 0 bridgehead atoms. The Hall–Kier alpha value is -1.04. The summed E-state index contributed by atoms with van der Waals surface area (Å²) in [6, 6.07) is 6.95. The number of unbranched alkanes of at least 4 members (excludes halogenated alkanes) is 1. The average molecular weight is 254 g/mol. The zero-order valence-corrected chi connectivity index (χ0v) is 12.3. The Morgan fingerprint density at radius 2 is 1.95 bits per heavy atom. The third-order valence-corrected chi connectivity index (χ3v) is 4.94. The van der Waals surface area contributed by atoms with Crippen molar-refractivity contribution in [3.63, 3.8) is 0 Å². The number of rotatable bonds is 4. The fraction of sp³-hybridized carbons (Fsp3) is 0.579. The van der Waals surface area contributed by atoms with Gasteiger partial charge in [-0.25, -0.2) is 0 Å². The van der Waals surface area contributed by atoms with Gasteiger partial charge < -0.3 is 0 Å². The standard InChI is InChI=1S/C19H26/c1-2-3-8-16-11-7-12-17-13-18(14-19(16)17)15-9-5-4-6-10-15/h7,11-12,14-15H,2-6,8-10,13H2,1H3. The van der Waals surface area contributed by atoms with Gasteiger partial charge in [0.1, 0.15) is 0 Å². The van der Waals surface area contributed by atoms with Crippen molar-refractivity contribution in [3.05, 3.63) is 40.5 Å². The van der Waals surface area contributed by atoms with Crippen LogP contribution in [0, 0.1) is 5.92 Å². The fourth-order valence-electron chi connectivity index (χ4n) is 3.78. The summed E-state index contributed by atoms with van der Waals surface area (Å²) in [7, 11) is 0. The van der Waals surface area contributed by atoms with E-state index in [4.69, 9.17) is 0 Å². The van der Waals surface area contributed by atoms with Gasteiger partial charge in [0.05, 0.1) is 0 Å². The van der Waals surface area contributed by atoms with Gasteiger partial charge in [0.15, 0.2) is 0 Å². The lowest BCUT2D eigenvalue weighted by atomic mass is 9.83. The Bertz CT molecular complexity index is 461. The van der Waals surface area contributed by atoms with Crippen LogP contribution >= 0.6 is 0 Å². The molecule has 0 spiro atoms. The Balaban J connectivity index is 1.80. The summed E-state index contributed by atoms with van der Waals surface area (Å²) in [5.74, 6) is 0.889. The molecule has 0 aromatic heterocycles. The highest BCUT2D eigenvalue weighted by atomic mass is 14.3. The van der Waals surface area contributed by atoms with E-state index in [1.165, 1.54) is 57.8 Å². The van der Waals surface area contributed by atoms with Gasteiger partial charge in [-0.2, -0.15) is 0 Å². The van der Waals surface area contributed by atoms with E-state index in [1.807, 2.05) is 0 Å². The van der Waals surface area contributed by atoms with Crippen molar-refractivity contribution in [2.45, 2.75) is 64.7 Å². The number of fused-ring (bicyclic) bond motifs is 1. The molecule has 3 rings (SSSR count). The summed E-state index contributed by atoms with van der Waals surface area (Å²) in [6.45, 7) is 2.28. The van der Waals surface area contributed by atoms with Crippen molar-refractivity contribution >= 4 is 6.08 Å². The second kappa shape index (κ2) is 5.94. The second-order valence-electron chi connectivity index (χ2n) is 6.32.